The molecule has 1 rings (SSSR count). The second kappa shape index (κ2) is 4.71. The van der Waals surface area contributed by atoms with Gasteiger partial charge in [0.2, 0.25) is 0 Å². The largest absolute Gasteiger partial charge is 0.507 e. The number of hydrogen-bond acceptors (Lipinski definition) is 3. The lowest BCUT2D eigenvalue weighted by atomic mass is 10.1. The molecule has 3 heteroatoms. The van der Waals surface area contributed by atoms with Gasteiger partial charge in [0.05, 0.1) is 5.71 Å². The third-order valence-corrected chi connectivity index (χ3v) is 2.66. The van der Waals surface area contributed by atoms with Gasteiger partial charge in [-0.1, -0.05) is 12.1 Å². The second-order valence-electron chi connectivity index (χ2n) is 4.40. The molecule has 0 unspecified atom stereocenters. The molecule has 2 nitrogen and oxygen atoms in total. The number of hydrogen-bond donors (Lipinski definition) is 1. The first kappa shape index (κ1) is 12.1. The lowest BCUT2D eigenvalue weighted by Crippen LogP contribution is -2.06. The van der Waals surface area contributed by atoms with E-state index in [9.17, 15) is 5.11 Å². The van der Waals surface area contributed by atoms with Crippen molar-refractivity contribution in [3.8, 4) is 5.75 Å². The number of nitrogens with zero attached hydrogens (tertiary/aromatic N) is 1. The molecule has 0 aromatic heterocycles. The van der Waals surface area contributed by atoms with Crippen LogP contribution >= 0.6 is 11.9 Å². The van der Waals surface area contributed by atoms with Crippen LogP contribution in [0.15, 0.2) is 28.7 Å². The number of benzene rings is 1. The predicted molar refractivity (Wildman–Crippen MR) is 67.7 cm³/mol. The van der Waals surface area contributed by atoms with E-state index in [-0.39, 0.29) is 10.5 Å². The van der Waals surface area contributed by atoms with Crippen LogP contribution in [0.3, 0.4) is 0 Å². The summed E-state index contributed by atoms with van der Waals surface area (Å²) in [5, 5.41) is 9.62. The highest BCUT2D eigenvalue weighted by Crippen LogP contribution is 2.26. The summed E-state index contributed by atoms with van der Waals surface area (Å²) in [7, 11) is 0. The second-order valence-corrected chi connectivity index (χ2v) is 5.99. The Balaban J connectivity index is 2.85. The Bertz CT molecular complexity index is 366. The molecule has 1 aromatic carbocycles. The summed E-state index contributed by atoms with van der Waals surface area (Å²) in [5.74, 6) is 0.285. The number of phenolic OH excluding ortho intramolecular Hbond substituents is 1. The third-order valence-electron chi connectivity index (χ3n) is 1.75. The van der Waals surface area contributed by atoms with Gasteiger partial charge in [0.15, 0.2) is 0 Å². The average molecular weight is 223 g/mol. The Morgan fingerprint density at radius 1 is 1.27 bits per heavy atom. The first-order valence-corrected chi connectivity index (χ1v) is 5.68. The van der Waals surface area contributed by atoms with Crippen LogP contribution in [0.2, 0.25) is 0 Å². The third kappa shape index (κ3) is 3.96. The molecule has 0 aliphatic carbocycles. The van der Waals surface area contributed by atoms with E-state index in [1.165, 1.54) is 11.9 Å². The predicted octanol–water partition coefficient (Wildman–Crippen LogP) is 3.65. The van der Waals surface area contributed by atoms with Crippen molar-refractivity contribution in [2.75, 3.05) is 0 Å². The lowest BCUT2D eigenvalue weighted by Gasteiger charge is -2.13. The summed E-state index contributed by atoms with van der Waals surface area (Å²) in [6.45, 7) is 8.24. The van der Waals surface area contributed by atoms with Gasteiger partial charge in [-0.05, 0) is 51.8 Å². The van der Waals surface area contributed by atoms with Crippen LogP contribution in [-0.2, 0) is 0 Å². The zero-order valence-electron chi connectivity index (χ0n) is 9.61. The molecule has 0 aliphatic rings. The van der Waals surface area contributed by atoms with Crippen LogP contribution in [-0.4, -0.2) is 15.6 Å². The summed E-state index contributed by atoms with van der Waals surface area (Å²) < 4.78 is 4.50. The maximum absolute atomic E-state index is 9.62. The fourth-order valence-electron chi connectivity index (χ4n) is 1.03. The van der Waals surface area contributed by atoms with Gasteiger partial charge in [0, 0.05) is 10.3 Å². The molecule has 0 spiro atoms. The molecule has 15 heavy (non-hydrogen) atoms. The van der Waals surface area contributed by atoms with Crippen LogP contribution in [0.5, 0.6) is 5.75 Å². The topological polar surface area (TPSA) is 32.6 Å². The summed E-state index contributed by atoms with van der Waals surface area (Å²) >= 11 is 1.52. The molecule has 0 saturated carbocycles. The summed E-state index contributed by atoms with van der Waals surface area (Å²) in [5.41, 5.74) is 1.65. The molecular formula is C12H17NOS. The molecule has 0 bridgehead atoms. The van der Waals surface area contributed by atoms with Crippen molar-refractivity contribution < 1.29 is 5.11 Å². The van der Waals surface area contributed by atoms with Crippen molar-refractivity contribution in [3.05, 3.63) is 29.8 Å². The maximum Gasteiger partial charge on any atom is 0.124 e. The van der Waals surface area contributed by atoms with Crippen LogP contribution in [0.1, 0.15) is 33.3 Å². The van der Waals surface area contributed by atoms with Gasteiger partial charge in [-0.25, -0.2) is 4.40 Å². The van der Waals surface area contributed by atoms with Crippen LogP contribution in [0.4, 0.5) is 0 Å². The van der Waals surface area contributed by atoms with E-state index in [4.69, 9.17) is 0 Å². The van der Waals surface area contributed by atoms with Crippen molar-refractivity contribution in [1.82, 2.24) is 0 Å². The molecule has 0 saturated heterocycles. The van der Waals surface area contributed by atoms with Gasteiger partial charge in [0.1, 0.15) is 5.75 Å². The van der Waals surface area contributed by atoms with E-state index >= 15 is 0 Å². The van der Waals surface area contributed by atoms with E-state index in [0.717, 1.165) is 11.3 Å². The van der Waals surface area contributed by atoms with Crippen molar-refractivity contribution in [2.45, 2.75) is 32.4 Å². The van der Waals surface area contributed by atoms with Gasteiger partial charge in [-0.2, -0.15) is 0 Å². The molecule has 1 aromatic rings. The Labute approximate surface area is 95.6 Å². The SMILES string of the molecule is CC(=NSC(C)(C)C)c1ccccc1O. The number of rotatable bonds is 2. The summed E-state index contributed by atoms with van der Waals surface area (Å²) in [6, 6.07) is 7.26. The minimum absolute atomic E-state index is 0.103. The number of para-hydroxylation sites is 1. The molecule has 0 aliphatic heterocycles. The van der Waals surface area contributed by atoms with Gasteiger partial charge in [-0.3, -0.25) is 0 Å². The first-order chi connectivity index (χ1) is 6.90. The quantitative estimate of drug-likeness (QED) is 0.613. The average Bonchev–Trinajstić information content (AvgIpc) is 2.14. The fourth-order valence-corrected chi connectivity index (χ4v) is 1.54. The first-order valence-electron chi connectivity index (χ1n) is 4.91. The van der Waals surface area contributed by atoms with Crippen molar-refractivity contribution >= 4 is 17.7 Å². The molecule has 0 amide bonds. The van der Waals surface area contributed by atoms with Gasteiger partial charge in [0.25, 0.3) is 0 Å². The highest BCUT2D eigenvalue weighted by atomic mass is 32.2. The van der Waals surface area contributed by atoms with Crippen molar-refractivity contribution in [3.63, 3.8) is 0 Å². The Kier molecular flexibility index (Phi) is 3.80. The van der Waals surface area contributed by atoms with Crippen molar-refractivity contribution in [2.24, 2.45) is 4.40 Å². The zero-order chi connectivity index (χ0) is 11.5. The van der Waals surface area contributed by atoms with Gasteiger partial charge in [-0.15, -0.1) is 0 Å². The molecule has 0 heterocycles. The van der Waals surface area contributed by atoms with E-state index in [1.54, 1.807) is 6.07 Å². The minimum Gasteiger partial charge on any atom is -0.507 e. The lowest BCUT2D eigenvalue weighted by molar-refractivity contribution is 0.474. The van der Waals surface area contributed by atoms with Crippen LogP contribution in [0, 0.1) is 0 Å². The molecule has 1 N–H and O–H groups in total. The molecule has 0 atom stereocenters. The highest BCUT2D eigenvalue weighted by Gasteiger charge is 2.11. The van der Waals surface area contributed by atoms with Gasteiger partial charge >= 0.3 is 0 Å². The standard InChI is InChI=1S/C12H17NOS/c1-9(13-15-12(2,3)4)10-7-5-6-8-11(10)14/h5-8,14H,1-4H3. The smallest absolute Gasteiger partial charge is 0.124 e. The van der Waals surface area contributed by atoms with E-state index in [2.05, 4.69) is 25.2 Å². The summed E-state index contributed by atoms with van der Waals surface area (Å²) in [4.78, 5) is 0. The maximum atomic E-state index is 9.62. The zero-order valence-corrected chi connectivity index (χ0v) is 10.4. The number of phenols is 1. The fraction of sp³-hybridized carbons (Fsp3) is 0.417. The molecule has 0 fully saturated rings. The van der Waals surface area contributed by atoms with Crippen molar-refractivity contribution in [1.29, 1.82) is 0 Å². The summed E-state index contributed by atoms with van der Waals surface area (Å²) in [6.07, 6.45) is 0. The molecular weight excluding hydrogens is 206 g/mol. The molecule has 0 radical (unpaired) electrons. The van der Waals surface area contributed by atoms with Crippen LogP contribution in [0.25, 0.3) is 0 Å². The molecule has 82 valence electrons. The highest BCUT2D eigenvalue weighted by molar-refractivity contribution is 7.99. The normalized spacial score (nSPS) is 12.9. The van der Waals surface area contributed by atoms with E-state index in [1.807, 2.05) is 25.1 Å². The number of aromatic hydroxyl groups is 1. The van der Waals surface area contributed by atoms with E-state index in [0.29, 0.717) is 0 Å². The van der Waals surface area contributed by atoms with E-state index < -0.39 is 0 Å². The van der Waals surface area contributed by atoms with Gasteiger partial charge < -0.3 is 5.11 Å². The monoisotopic (exact) mass is 223 g/mol. The Morgan fingerprint density at radius 2 is 1.87 bits per heavy atom. The Hall–Kier alpha value is -0.960. The minimum atomic E-state index is 0.103. The Morgan fingerprint density at radius 3 is 2.40 bits per heavy atom. The van der Waals surface area contributed by atoms with Crippen LogP contribution < -0.4 is 0 Å².